The Morgan fingerprint density at radius 2 is 1.90 bits per heavy atom. The van der Waals surface area contributed by atoms with Gasteiger partial charge in [-0.2, -0.15) is 0 Å². The van der Waals surface area contributed by atoms with Gasteiger partial charge in [-0.25, -0.2) is 0 Å². The van der Waals surface area contributed by atoms with Crippen LogP contribution in [-0.2, 0) is 15.9 Å². The number of benzene rings is 1. The van der Waals surface area contributed by atoms with Gasteiger partial charge in [0.2, 0.25) is 0 Å². The van der Waals surface area contributed by atoms with E-state index in [2.05, 4.69) is 6.58 Å². The molecule has 20 heavy (non-hydrogen) atoms. The monoisotopic (exact) mass is 294 g/mol. The summed E-state index contributed by atoms with van der Waals surface area (Å²) < 4.78 is 22.0. The fourth-order valence-corrected chi connectivity index (χ4v) is 2.48. The van der Waals surface area contributed by atoms with Gasteiger partial charge in [-0.3, -0.25) is 0 Å². The number of hydrogen-bond donors (Lipinski definition) is 0. The molecule has 0 bridgehead atoms. The van der Waals surface area contributed by atoms with Gasteiger partial charge in [0.1, 0.15) is 5.75 Å². The van der Waals surface area contributed by atoms with Gasteiger partial charge in [-0.1, -0.05) is 12.1 Å². The zero-order chi connectivity index (χ0) is 14.8. The Hall–Kier alpha value is -1.30. The highest BCUT2D eigenvalue weighted by Crippen LogP contribution is 2.28. The van der Waals surface area contributed by atoms with Gasteiger partial charge >= 0.3 is 9.76 Å². The second-order valence-electron chi connectivity index (χ2n) is 3.94. The first-order valence-corrected chi connectivity index (χ1v) is 7.67. The van der Waals surface area contributed by atoms with Crippen LogP contribution in [0.5, 0.6) is 11.5 Å². The zero-order valence-electron chi connectivity index (χ0n) is 12.3. The third-order valence-corrected chi connectivity index (χ3v) is 3.37. The molecule has 0 saturated heterocycles. The average molecular weight is 294 g/mol. The van der Waals surface area contributed by atoms with Crippen LogP contribution in [0.25, 0.3) is 0 Å². The number of hydrogen-bond acceptors (Lipinski definition) is 4. The SMILES string of the molecule is C=CCc1ccc(O[Si]C(OCC)OCC)c(OC)c1. The molecule has 0 aliphatic heterocycles. The predicted octanol–water partition coefficient (Wildman–Crippen LogP) is 2.78. The lowest BCUT2D eigenvalue weighted by Crippen LogP contribution is -2.28. The number of methoxy groups -OCH3 is 1. The van der Waals surface area contributed by atoms with Crippen molar-refractivity contribution in [2.24, 2.45) is 0 Å². The van der Waals surface area contributed by atoms with Crippen LogP contribution in [-0.4, -0.2) is 36.0 Å². The maximum Gasteiger partial charge on any atom is 0.376 e. The minimum absolute atomic E-state index is 0.0669. The lowest BCUT2D eigenvalue weighted by atomic mass is 10.1. The third-order valence-electron chi connectivity index (χ3n) is 2.51. The summed E-state index contributed by atoms with van der Waals surface area (Å²) in [6.45, 7) is 8.78. The van der Waals surface area contributed by atoms with Crippen LogP contribution in [0, 0.1) is 0 Å². The standard InChI is InChI=1S/C15H22O4Si/c1-5-8-12-9-10-13(14(11-12)16-4)19-20-15(17-6-2)18-7-3/h5,9-11,15H,1,6-8H2,2-4H3. The van der Waals surface area contributed by atoms with Crippen LogP contribution in [0.15, 0.2) is 30.9 Å². The van der Waals surface area contributed by atoms with E-state index < -0.39 is 0 Å². The van der Waals surface area contributed by atoms with Crippen LogP contribution < -0.4 is 9.16 Å². The number of allylic oxidation sites excluding steroid dienone is 1. The van der Waals surface area contributed by atoms with Gasteiger partial charge in [0.25, 0.3) is 0 Å². The predicted molar refractivity (Wildman–Crippen MR) is 80.3 cm³/mol. The van der Waals surface area contributed by atoms with E-state index in [0.717, 1.165) is 12.0 Å². The second kappa shape index (κ2) is 9.58. The molecule has 0 N–H and O–H groups in total. The summed E-state index contributed by atoms with van der Waals surface area (Å²) in [5, 5.41) is 0. The average Bonchev–Trinajstić information content (AvgIpc) is 2.46. The minimum Gasteiger partial charge on any atom is -0.533 e. The van der Waals surface area contributed by atoms with E-state index in [9.17, 15) is 0 Å². The largest absolute Gasteiger partial charge is 0.533 e. The van der Waals surface area contributed by atoms with Crippen LogP contribution in [0.4, 0.5) is 0 Å². The Balaban J connectivity index is 2.68. The summed E-state index contributed by atoms with van der Waals surface area (Å²) >= 11 is 0. The first-order valence-electron chi connectivity index (χ1n) is 6.68. The van der Waals surface area contributed by atoms with Gasteiger partial charge < -0.3 is 18.6 Å². The molecule has 0 heterocycles. The van der Waals surface area contributed by atoms with Crippen LogP contribution in [0.3, 0.4) is 0 Å². The normalized spacial score (nSPS) is 10.6. The Morgan fingerprint density at radius 1 is 1.20 bits per heavy atom. The van der Waals surface area contributed by atoms with E-state index in [1.807, 2.05) is 38.1 Å². The van der Waals surface area contributed by atoms with Crippen molar-refractivity contribution in [3.05, 3.63) is 36.4 Å². The van der Waals surface area contributed by atoms with E-state index in [-0.39, 0.29) is 15.7 Å². The molecule has 4 nitrogen and oxygen atoms in total. The van der Waals surface area contributed by atoms with Crippen molar-refractivity contribution in [3.63, 3.8) is 0 Å². The zero-order valence-corrected chi connectivity index (χ0v) is 13.3. The van der Waals surface area contributed by atoms with Crippen molar-refractivity contribution in [1.29, 1.82) is 0 Å². The molecule has 5 heteroatoms. The molecule has 0 saturated carbocycles. The quantitative estimate of drug-likeness (QED) is 0.378. The summed E-state index contributed by atoms with van der Waals surface area (Å²) in [6, 6.07) is 5.86. The highest BCUT2D eigenvalue weighted by atomic mass is 28.2. The first kappa shape index (κ1) is 16.8. The fraction of sp³-hybridized carbons (Fsp3) is 0.467. The van der Waals surface area contributed by atoms with E-state index in [0.29, 0.717) is 24.7 Å². The summed E-state index contributed by atoms with van der Waals surface area (Å²) in [6.07, 6.45) is 2.66. The molecular weight excluding hydrogens is 272 g/mol. The third kappa shape index (κ3) is 5.36. The molecule has 0 fully saturated rings. The van der Waals surface area contributed by atoms with Crippen LogP contribution in [0.2, 0.25) is 0 Å². The number of rotatable bonds is 10. The molecule has 1 rings (SSSR count). The molecule has 0 aliphatic rings. The fourth-order valence-electron chi connectivity index (χ4n) is 1.62. The van der Waals surface area contributed by atoms with Crippen LogP contribution in [0.1, 0.15) is 19.4 Å². The van der Waals surface area contributed by atoms with E-state index >= 15 is 0 Å². The molecule has 0 spiro atoms. The van der Waals surface area contributed by atoms with Crippen molar-refractivity contribution in [2.45, 2.75) is 26.2 Å². The molecule has 0 unspecified atom stereocenters. The van der Waals surface area contributed by atoms with Gasteiger partial charge in [0.05, 0.1) is 7.11 Å². The maximum atomic E-state index is 5.76. The van der Waals surface area contributed by atoms with Crippen molar-refractivity contribution < 1.29 is 18.6 Å². The van der Waals surface area contributed by atoms with Crippen molar-refractivity contribution in [1.82, 2.24) is 0 Å². The van der Waals surface area contributed by atoms with Gasteiger partial charge in [-0.15, -0.1) is 6.58 Å². The molecule has 1 aromatic rings. The van der Waals surface area contributed by atoms with Gasteiger partial charge in [0.15, 0.2) is 11.7 Å². The Kier molecular flexibility index (Phi) is 8.02. The lowest BCUT2D eigenvalue weighted by molar-refractivity contribution is -0.0871. The molecule has 0 atom stereocenters. The van der Waals surface area contributed by atoms with Gasteiger partial charge in [0, 0.05) is 13.2 Å². The van der Waals surface area contributed by atoms with Crippen molar-refractivity contribution >= 4 is 9.76 Å². The van der Waals surface area contributed by atoms with Gasteiger partial charge in [-0.05, 0) is 38.0 Å². The van der Waals surface area contributed by atoms with Crippen molar-refractivity contribution in [2.75, 3.05) is 20.3 Å². The van der Waals surface area contributed by atoms with Crippen LogP contribution >= 0.6 is 0 Å². The summed E-state index contributed by atoms with van der Waals surface area (Å²) in [5.41, 5.74) is 1.14. The lowest BCUT2D eigenvalue weighted by Gasteiger charge is -2.17. The Morgan fingerprint density at radius 3 is 2.45 bits per heavy atom. The van der Waals surface area contributed by atoms with E-state index in [4.69, 9.17) is 18.6 Å². The maximum absolute atomic E-state index is 5.76. The molecule has 0 aromatic heterocycles. The van der Waals surface area contributed by atoms with E-state index in [1.54, 1.807) is 7.11 Å². The summed E-state index contributed by atoms with van der Waals surface area (Å²) in [4.78, 5) is 0. The van der Waals surface area contributed by atoms with E-state index in [1.165, 1.54) is 0 Å². The molecule has 2 radical (unpaired) electrons. The molecule has 0 amide bonds. The first-order chi connectivity index (χ1) is 9.74. The molecule has 1 aromatic carbocycles. The molecule has 110 valence electrons. The smallest absolute Gasteiger partial charge is 0.376 e. The molecular formula is C15H22O4Si. The van der Waals surface area contributed by atoms with Crippen molar-refractivity contribution in [3.8, 4) is 11.5 Å². The minimum atomic E-state index is -0.331. The molecule has 0 aliphatic carbocycles. The Bertz CT molecular complexity index is 403. The second-order valence-corrected chi connectivity index (χ2v) is 4.85. The summed E-state index contributed by atoms with van der Waals surface area (Å²) in [7, 11) is 1.70. The highest BCUT2D eigenvalue weighted by Gasteiger charge is 2.15. The Labute approximate surface area is 123 Å². The highest BCUT2D eigenvalue weighted by molar-refractivity contribution is 6.29. The number of ether oxygens (including phenoxy) is 3. The summed E-state index contributed by atoms with van der Waals surface area (Å²) in [5.74, 6) is 1.08. The topological polar surface area (TPSA) is 36.9 Å².